The van der Waals surface area contributed by atoms with Gasteiger partial charge in [-0.25, -0.2) is 8.42 Å². The monoisotopic (exact) mass is 493 g/mol. The van der Waals surface area contributed by atoms with Gasteiger partial charge in [-0.3, -0.25) is 19.2 Å². The van der Waals surface area contributed by atoms with Crippen molar-refractivity contribution in [2.45, 2.75) is 39.2 Å². The zero-order chi connectivity index (χ0) is 25.5. The van der Waals surface area contributed by atoms with Crippen molar-refractivity contribution in [2.75, 3.05) is 31.3 Å². The Labute approximate surface area is 200 Å². The van der Waals surface area contributed by atoms with E-state index in [9.17, 15) is 23.3 Å². The lowest BCUT2D eigenvalue weighted by atomic mass is 10.0. The van der Waals surface area contributed by atoms with E-state index >= 15 is 0 Å². The normalized spacial score (nSPS) is 12.0. The Morgan fingerprint density at radius 2 is 1.79 bits per heavy atom. The van der Waals surface area contributed by atoms with Crippen molar-refractivity contribution in [3.63, 3.8) is 0 Å². The molecule has 34 heavy (non-hydrogen) atoms. The van der Waals surface area contributed by atoms with Crippen LogP contribution in [-0.2, 0) is 14.8 Å². The van der Waals surface area contributed by atoms with Gasteiger partial charge in [0.1, 0.15) is 17.2 Å². The van der Waals surface area contributed by atoms with Crippen LogP contribution < -0.4 is 19.1 Å². The van der Waals surface area contributed by atoms with Crippen LogP contribution in [0.15, 0.2) is 36.4 Å². The molecular weight excluding hydrogens is 462 g/mol. The molecule has 0 heterocycles. The number of methoxy groups -OCH3 is 2. The maximum atomic E-state index is 12.6. The molecule has 0 fully saturated rings. The second-order valence-corrected chi connectivity index (χ2v) is 9.72. The SMILES string of the molecule is CC[C@@H](NC(=O)CCCN(c1cc([N+](=O)[O-])ccc1OC)S(C)(=O)=O)c1ccc(OC)c(C)c1. The highest BCUT2D eigenvalue weighted by Crippen LogP contribution is 2.34. The third-order valence-corrected chi connectivity index (χ3v) is 6.55. The quantitative estimate of drug-likeness (QED) is 0.352. The molecule has 0 unspecified atom stereocenters. The number of nitrogens with zero attached hydrogens (tertiary/aromatic N) is 2. The van der Waals surface area contributed by atoms with E-state index in [-0.39, 0.29) is 48.5 Å². The average Bonchev–Trinajstić information content (AvgIpc) is 2.79. The molecule has 11 heteroatoms. The molecule has 2 aromatic rings. The molecule has 1 atom stereocenters. The van der Waals surface area contributed by atoms with Gasteiger partial charge in [-0.05, 0) is 43.0 Å². The van der Waals surface area contributed by atoms with E-state index in [1.807, 2.05) is 32.0 Å². The first-order chi connectivity index (χ1) is 16.0. The molecule has 2 aromatic carbocycles. The first-order valence-electron chi connectivity index (χ1n) is 10.8. The van der Waals surface area contributed by atoms with Gasteiger partial charge in [-0.1, -0.05) is 19.1 Å². The molecular formula is C23H31N3O7S. The van der Waals surface area contributed by atoms with E-state index in [0.717, 1.165) is 33.5 Å². The maximum Gasteiger partial charge on any atom is 0.271 e. The van der Waals surface area contributed by atoms with Gasteiger partial charge in [0.05, 0.1) is 31.4 Å². The van der Waals surface area contributed by atoms with E-state index in [0.29, 0.717) is 6.42 Å². The minimum absolute atomic E-state index is 0.0395. The lowest BCUT2D eigenvalue weighted by Crippen LogP contribution is -2.33. The van der Waals surface area contributed by atoms with Crippen LogP contribution >= 0.6 is 0 Å². The van der Waals surface area contributed by atoms with Crippen LogP contribution in [0.5, 0.6) is 11.5 Å². The predicted molar refractivity (Wildman–Crippen MR) is 130 cm³/mol. The summed E-state index contributed by atoms with van der Waals surface area (Å²) in [4.78, 5) is 23.2. The van der Waals surface area contributed by atoms with Gasteiger partial charge in [0.15, 0.2) is 0 Å². The van der Waals surface area contributed by atoms with E-state index in [2.05, 4.69) is 5.32 Å². The summed E-state index contributed by atoms with van der Waals surface area (Å²) < 4.78 is 36.4. The molecule has 0 saturated heterocycles. The Morgan fingerprint density at radius 3 is 2.32 bits per heavy atom. The molecule has 0 aromatic heterocycles. The number of nitrogens with one attached hydrogen (secondary N) is 1. The van der Waals surface area contributed by atoms with Crippen LogP contribution in [-0.4, -0.2) is 46.3 Å². The number of aryl methyl sites for hydroxylation is 1. The Bertz CT molecular complexity index is 1140. The zero-order valence-electron chi connectivity index (χ0n) is 20.0. The Morgan fingerprint density at radius 1 is 1.15 bits per heavy atom. The molecule has 0 bridgehead atoms. The number of nitro benzene ring substituents is 1. The van der Waals surface area contributed by atoms with Gasteiger partial charge in [0, 0.05) is 25.1 Å². The number of anilines is 1. The minimum atomic E-state index is -3.79. The smallest absolute Gasteiger partial charge is 0.271 e. The second-order valence-electron chi connectivity index (χ2n) is 7.81. The number of carbonyl (C=O) groups is 1. The molecule has 186 valence electrons. The van der Waals surface area contributed by atoms with Gasteiger partial charge in [0.25, 0.3) is 5.69 Å². The summed E-state index contributed by atoms with van der Waals surface area (Å²) in [6, 6.07) is 9.27. The van der Waals surface area contributed by atoms with Gasteiger partial charge in [-0.15, -0.1) is 0 Å². The van der Waals surface area contributed by atoms with Crippen LogP contribution in [0.25, 0.3) is 0 Å². The summed E-state index contributed by atoms with van der Waals surface area (Å²) in [7, 11) is -0.833. The molecule has 0 aliphatic carbocycles. The van der Waals surface area contributed by atoms with E-state index < -0.39 is 14.9 Å². The van der Waals surface area contributed by atoms with Gasteiger partial charge in [0.2, 0.25) is 15.9 Å². The van der Waals surface area contributed by atoms with E-state index in [1.165, 1.54) is 19.2 Å². The highest BCUT2D eigenvalue weighted by atomic mass is 32.2. The average molecular weight is 494 g/mol. The van der Waals surface area contributed by atoms with E-state index in [4.69, 9.17) is 9.47 Å². The predicted octanol–water partition coefficient (Wildman–Crippen LogP) is 3.73. The summed E-state index contributed by atoms with van der Waals surface area (Å²) >= 11 is 0. The number of nitro groups is 1. The summed E-state index contributed by atoms with van der Waals surface area (Å²) in [5.41, 5.74) is 1.71. The molecule has 2 rings (SSSR count). The standard InChI is InChI=1S/C23H31N3O7S/c1-6-19(17-9-11-21(32-3)16(2)14-17)24-23(27)8-7-13-25(34(5,30)31)20-15-18(26(28)29)10-12-22(20)33-4/h9-12,14-15,19H,6-8,13H2,1-5H3,(H,24,27)/t19-/m1/s1. The topological polar surface area (TPSA) is 128 Å². The molecule has 1 amide bonds. The fourth-order valence-electron chi connectivity index (χ4n) is 3.64. The number of carbonyl (C=O) groups excluding carboxylic acids is 1. The molecule has 0 aliphatic rings. The summed E-state index contributed by atoms with van der Waals surface area (Å²) in [5, 5.41) is 14.2. The Hall–Kier alpha value is -3.34. The number of non-ortho nitro benzene ring substituents is 1. The number of sulfonamides is 1. The molecule has 1 N–H and O–H groups in total. The van der Waals surface area contributed by atoms with Gasteiger partial charge >= 0.3 is 0 Å². The van der Waals surface area contributed by atoms with Crippen molar-refractivity contribution in [1.29, 1.82) is 0 Å². The fraction of sp³-hybridized carbons (Fsp3) is 0.435. The first kappa shape index (κ1) is 26.9. The van der Waals surface area contributed by atoms with Crippen molar-refractivity contribution in [1.82, 2.24) is 5.32 Å². The molecule has 0 saturated carbocycles. The second kappa shape index (κ2) is 11.7. The number of hydrogen-bond donors (Lipinski definition) is 1. The summed E-state index contributed by atoms with van der Waals surface area (Å²) in [6.45, 7) is 3.85. The summed E-state index contributed by atoms with van der Waals surface area (Å²) in [5.74, 6) is 0.726. The number of ether oxygens (including phenoxy) is 2. The van der Waals surface area contributed by atoms with E-state index in [1.54, 1.807) is 7.11 Å². The Kier molecular flexibility index (Phi) is 9.25. The largest absolute Gasteiger partial charge is 0.496 e. The third kappa shape index (κ3) is 6.83. The van der Waals surface area contributed by atoms with Crippen LogP contribution in [0.1, 0.15) is 43.4 Å². The van der Waals surface area contributed by atoms with Crippen LogP contribution in [0, 0.1) is 17.0 Å². The molecule has 0 spiro atoms. The molecule has 0 aliphatic heterocycles. The van der Waals surface area contributed by atoms with Gasteiger partial charge < -0.3 is 14.8 Å². The Balaban J connectivity index is 2.11. The van der Waals surface area contributed by atoms with Crippen molar-refractivity contribution < 1.29 is 27.6 Å². The fourth-order valence-corrected chi connectivity index (χ4v) is 4.60. The lowest BCUT2D eigenvalue weighted by Gasteiger charge is -2.24. The number of benzene rings is 2. The van der Waals surface area contributed by atoms with Crippen molar-refractivity contribution >= 4 is 27.3 Å². The number of hydrogen-bond acceptors (Lipinski definition) is 7. The van der Waals surface area contributed by atoms with Gasteiger partial charge in [-0.2, -0.15) is 0 Å². The number of amides is 1. The van der Waals surface area contributed by atoms with Crippen LogP contribution in [0.4, 0.5) is 11.4 Å². The minimum Gasteiger partial charge on any atom is -0.496 e. The van der Waals surface area contributed by atoms with Crippen molar-refractivity contribution in [3.8, 4) is 11.5 Å². The zero-order valence-corrected chi connectivity index (χ0v) is 20.8. The lowest BCUT2D eigenvalue weighted by molar-refractivity contribution is -0.384. The maximum absolute atomic E-state index is 12.6. The number of rotatable bonds is 12. The first-order valence-corrected chi connectivity index (χ1v) is 12.6. The highest BCUT2D eigenvalue weighted by molar-refractivity contribution is 7.92. The van der Waals surface area contributed by atoms with Crippen molar-refractivity contribution in [3.05, 3.63) is 57.6 Å². The highest BCUT2D eigenvalue weighted by Gasteiger charge is 2.24. The molecule has 10 nitrogen and oxygen atoms in total. The van der Waals surface area contributed by atoms with Crippen molar-refractivity contribution in [2.24, 2.45) is 0 Å². The third-order valence-electron chi connectivity index (χ3n) is 5.37. The van der Waals surface area contributed by atoms with Crippen LogP contribution in [0.3, 0.4) is 0 Å². The molecule has 0 radical (unpaired) electrons. The summed E-state index contributed by atoms with van der Waals surface area (Å²) in [6.07, 6.45) is 1.97. The van der Waals surface area contributed by atoms with Crippen LogP contribution in [0.2, 0.25) is 0 Å².